The minimum atomic E-state index is -0.911. The van der Waals surface area contributed by atoms with Crippen LogP contribution >= 0.6 is 0 Å². The van der Waals surface area contributed by atoms with E-state index in [0.717, 1.165) is 19.4 Å². The molecule has 16 heavy (non-hydrogen) atoms. The Morgan fingerprint density at radius 3 is 2.69 bits per heavy atom. The molecule has 0 bridgehead atoms. The van der Waals surface area contributed by atoms with E-state index in [2.05, 4.69) is 10.1 Å². The lowest BCUT2D eigenvalue weighted by atomic mass is 10.0. The first-order valence-corrected chi connectivity index (χ1v) is 5.33. The van der Waals surface area contributed by atoms with Crippen molar-refractivity contribution in [1.82, 2.24) is 10.2 Å². The molecule has 92 valence electrons. The van der Waals surface area contributed by atoms with Gasteiger partial charge in [0.25, 0.3) is 0 Å². The van der Waals surface area contributed by atoms with Crippen molar-refractivity contribution in [2.75, 3.05) is 20.7 Å². The molecule has 6 nitrogen and oxygen atoms in total. The third-order valence-corrected chi connectivity index (χ3v) is 2.87. The van der Waals surface area contributed by atoms with Gasteiger partial charge in [-0.05, 0) is 26.4 Å². The van der Waals surface area contributed by atoms with Crippen LogP contribution in [0.25, 0.3) is 0 Å². The average molecular weight is 230 g/mol. The van der Waals surface area contributed by atoms with Crippen molar-refractivity contribution in [2.45, 2.75) is 31.3 Å². The Balaban J connectivity index is 2.74. The predicted octanol–water partition coefficient (Wildman–Crippen LogP) is 0.280. The van der Waals surface area contributed by atoms with Crippen LogP contribution in [0.4, 0.5) is 4.79 Å². The molecule has 0 radical (unpaired) electrons. The van der Waals surface area contributed by atoms with Crippen molar-refractivity contribution >= 4 is 12.1 Å². The number of likely N-dealkylation sites (N-methyl/N-ethyl adjacent to an activating group) is 1. The summed E-state index contributed by atoms with van der Waals surface area (Å²) in [6.45, 7) is 0.732. The largest absolute Gasteiger partial charge is 0.480 e. The Labute approximate surface area is 94.6 Å². The normalized spacial score (nSPS) is 26.9. The second-order valence-corrected chi connectivity index (χ2v) is 4.00. The van der Waals surface area contributed by atoms with E-state index in [-0.39, 0.29) is 0 Å². The van der Waals surface area contributed by atoms with Crippen LogP contribution in [0.1, 0.15) is 19.3 Å². The maximum absolute atomic E-state index is 11.2. The van der Waals surface area contributed by atoms with E-state index < -0.39 is 24.1 Å². The number of aliphatic carboxylic acids is 1. The van der Waals surface area contributed by atoms with Crippen LogP contribution in [-0.4, -0.2) is 54.9 Å². The molecule has 0 aromatic heterocycles. The number of amides is 1. The molecule has 0 spiro atoms. The summed E-state index contributed by atoms with van der Waals surface area (Å²) in [5.41, 5.74) is 0. The quantitative estimate of drug-likeness (QED) is 0.712. The number of carboxylic acids is 1. The number of nitrogens with one attached hydrogen (secondary N) is 1. The molecule has 1 amide bonds. The van der Waals surface area contributed by atoms with Crippen molar-refractivity contribution in [3.63, 3.8) is 0 Å². The van der Waals surface area contributed by atoms with Gasteiger partial charge in [0, 0.05) is 0 Å². The Morgan fingerprint density at radius 1 is 1.44 bits per heavy atom. The molecule has 1 aliphatic heterocycles. The number of carbonyl (C=O) groups excluding carboxylic acids is 1. The molecule has 6 heteroatoms. The van der Waals surface area contributed by atoms with Gasteiger partial charge in [-0.15, -0.1) is 0 Å². The SMILES string of the molecule is COC(=O)NC1CCCCN(C)C1C(=O)O. The van der Waals surface area contributed by atoms with Gasteiger partial charge < -0.3 is 15.2 Å². The molecule has 2 atom stereocenters. The second-order valence-electron chi connectivity index (χ2n) is 4.00. The highest BCUT2D eigenvalue weighted by Gasteiger charge is 2.34. The van der Waals surface area contributed by atoms with Crippen LogP contribution in [0.5, 0.6) is 0 Å². The molecule has 1 rings (SSSR count). The molecule has 0 aromatic carbocycles. The third kappa shape index (κ3) is 3.10. The number of alkyl carbamates (subject to hydrolysis) is 1. The zero-order valence-corrected chi connectivity index (χ0v) is 9.60. The standard InChI is InChI=1S/C10H18N2O4/c1-12-6-4-3-5-7(8(12)9(13)14)11-10(15)16-2/h7-8H,3-6H2,1-2H3,(H,11,15)(H,13,14). The van der Waals surface area contributed by atoms with Crippen molar-refractivity contribution in [2.24, 2.45) is 0 Å². The molecule has 0 aliphatic carbocycles. The minimum Gasteiger partial charge on any atom is -0.480 e. The number of carbonyl (C=O) groups is 2. The van der Waals surface area contributed by atoms with E-state index >= 15 is 0 Å². The summed E-state index contributed by atoms with van der Waals surface area (Å²) >= 11 is 0. The van der Waals surface area contributed by atoms with Gasteiger partial charge >= 0.3 is 12.1 Å². The first kappa shape index (κ1) is 12.8. The van der Waals surface area contributed by atoms with Gasteiger partial charge in [0.2, 0.25) is 0 Å². The first-order valence-electron chi connectivity index (χ1n) is 5.33. The summed E-state index contributed by atoms with van der Waals surface area (Å²) in [4.78, 5) is 24.0. The van der Waals surface area contributed by atoms with Crippen molar-refractivity contribution in [1.29, 1.82) is 0 Å². The number of hydrogen-bond acceptors (Lipinski definition) is 4. The highest BCUT2D eigenvalue weighted by molar-refractivity contribution is 5.76. The lowest BCUT2D eigenvalue weighted by molar-refractivity contribution is -0.143. The van der Waals surface area contributed by atoms with Crippen LogP contribution in [0.15, 0.2) is 0 Å². The molecule has 1 heterocycles. The van der Waals surface area contributed by atoms with Crippen LogP contribution in [-0.2, 0) is 9.53 Å². The number of carboxylic acid groups (broad SMARTS) is 1. The minimum absolute atomic E-state index is 0.391. The van der Waals surface area contributed by atoms with Gasteiger partial charge in [-0.3, -0.25) is 9.69 Å². The highest BCUT2D eigenvalue weighted by atomic mass is 16.5. The maximum atomic E-state index is 11.2. The summed E-state index contributed by atoms with van der Waals surface area (Å²) in [5.74, 6) is -0.911. The highest BCUT2D eigenvalue weighted by Crippen LogP contribution is 2.16. The Hall–Kier alpha value is -1.30. The smallest absolute Gasteiger partial charge is 0.407 e. The first-order chi connectivity index (χ1) is 7.56. The molecular formula is C10H18N2O4. The number of ether oxygens (including phenoxy) is 1. The van der Waals surface area contributed by atoms with Crippen LogP contribution in [0, 0.1) is 0 Å². The lowest BCUT2D eigenvalue weighted by Crippen LogP contribution is -2.53. The van der Waals surface area contributed by atoms with E-state index in [4.69, 9.17) is 5.11 Å². The van der Waals surface area contributed by atoms with Crippen LogP contribution in [0.2, 0.25) is 0 Å². The summed E-state index contributed by atoms with van der Waals surface area (Å²) in [7, 11) is 3.03. The Bertz CT molecular complexity index is 270. The van der Waals surface area contributed by atoms with Crippen molar-refractivity contribution < 1.29 is 19.4 Å². The van der Waals surface area contributed by atoms with E-state index in [0.29, 0.717) is 6.42 Å². The molecule has 1 saturated heterocycles. The van der Waals surface area contributed by atoms with E-state index in [1.54, 1.807) is 11.9 Å². The fourth-order valence-electron chi connectivity index (χ4n) is 2.05. The third-order valence-electron chi connectivity index (χ3n) is 2.87. The molecule has 2 N–H and O–H groups in total. The van der Waals surface area contributed by atoms with Crippen molar-refractivity contribution in [3.05, 3.63) is 0 Å². The summed E-state index contributed by atoms with van der Waals surface area (Å²) in [5, 5.41) is 11.7. The van der Waals surface area contributed by atoms with Crippen LogP contribution in [0.3, 0.4) is 0 Å². The topological polar surface area (TPSA) is 78.9 Å². The van der Waals surface area contributed by atoms with Gasteiger partial charge in [-0.25, -0.2) is 4.79 Å². The number of methoxy groups -OCH3 is 1. The van der Waals surface area contributed by atoms with E-state index in [9.17, 15) is 9.59 Å². The molecule has 2 unspecified atom stereocenters. The zero-order valence-electron chi connectivity index (χ0n) is 9.60. The number of likely N-dealkylation sites (tertiary alicyclic amines) is 1. The molecule has 0 saturated carbocycles. The van der Waals surface area contributed by atoms with Gasteiger partial charge in [0.15, 0.2) is 0 Å². The molecule has 0 aromatic rings. The van der Waals surface area contributed by atoms with Gasteiger partial charge in [0.05, 0.1) is 13.2 Å². The fraction of sp³-hybridized carbons (Fsp3) is 0.800. The summed E-state index contributed by atoms with van der Waals surface area (Å²) in [6.07, 6.45) is 1.94. The molecule has 1 aliphatic rings. The van der Waals surface area contributed by atoms with Crippen molar-refractivity contribution in [3.8, 4) is 0 Å². The summed E-state index contributed by atoms with van der Waals surface area (Å²) < 4.78 is 4.50. The molecule has 1 fully saturated rings. The Morgan fingerprint density at radius 2 is 2.12 bits per heavy atom. The number of hydrogen-bond donors (Lipinski definition) is 2. The number of nitrogens with zero attached hydrogens (tertiary/aromatic N) is 1. The van der Waals surface area contributed by atoms with Gasteiger partial charge in [0.1, 0.15) is 6.04 Å². The zero-order chi connectivity index (χ0) is 12.1. The van der Waals surface area contributed by atoms with Gasteiger partial charge in [-0.2, -0.15) is 0 Å². The van der Waals surface area contributed by atoms with Crippen LogP contribution < -0.4 is 5.32 Å². The summed E-state index contributed by atoms with van der Waals surface area (Å²) in [6, 6.07) is -1.07. The lowest BCUT2D eigenvalue weighted by Gasteiger charge is -2.28. The monoisotopic (exact) mass is 230 g/mol. The van der Waals surface area contributed by atoms with E-state index in [1.165, 1.54) is 7.11 Å². The second kappa shape index (κ2) is 5.69. The predicted molar refractivity (Wildman–Crippen MR) is 57.2 cm³/mol. The molecular weight excluding hydrogens is 212 g/mol. The van der Waals surface area contributed by atoms with E-state index in [1.807, 2.05) is 0 Å². The van der Waals surface area contributed by atoms with Gasteiger partial charge in [-0.1, -0.05) is 6.42 Å². The fourth-order valence-corrected chi connectivity index (χ4v) is 2.05. The Kier molecular flexibility index (Phi) is 4.54. The maximum Gasteiger partial charge on any atom is 0.407 e. The average Bonchev–Trinajstić information content (AvgIpc) is 2.39. The number of rotatable bonds is 2.